The fourth-order valence-electron chi connectivity index (χ4n) is 2.21. The smallest absolute Gasteiger partial charge is 0.275 e. The number of aromatic nitrogens is 2. The summed E-state index contributed by atoms with van der Waals surface area (Å²) in [6.45, 7) is 4.27. The molecule has 3 rings (SSSR count). The maximum absolute atomic E-state index is 12.1. The van der Waals surface area contributed by atoms with Crippen molar-refractivity contribution in [3.63, 3.8) is 0 Å². The van der Waals surface area contributed by atoms with E-state index < -0.39 is 0 Å². The van der Waals surface area contributed by atoms with E-state index in [1.165, 1.54) is 0 Å². The van der Waals surface area contributed by atoms with E-state index in [4.69, 9.17) is 9.26 Å². The number of hydrogen-bond donors (Lipinski definition) is 2. The molecule has 0 unspecified atom stereocenters. The van der Waals surface area contributed by atoms with Crippen molar-refractivity contribution < 1.29 is 14.1 Å². The van der Waals surface area contributed by atoms with Crippen molar-refractivity contribution in [3.8, 4) is 5.75 Å². The number of nitrogens with zero attached hydrogens (tertiary/aromatic N) is 2. The van der Waals surface area contributed by atoms with Gasteiger partial charge in [-0.3, -0.25) is 4.79 Å². The Morgan fingerprint density at radius 1 is 1.24 bits per heavy atom. The van der Waals surface area contributed by atoms with Crippen LogP contribution in [0.15, 0.2) is 53.2 Å². The molecule has 0 radical (unpaired) electrons. The van der Waals surface area contributed by atoms with E-state index in [1.807, 2.05) is 31.2 Å². The normalized spacial score (nSPS) is 10.3. The molecule has 2 aromatic heterocycles. The van der Waals surface area contributed by atoms with Gasteiger partial charge in [0.15, 0.2) is 5.82 Å². The minimum Gasteiger partial charge on any atom is -0.492 e. The van der Waals surface area contributed by atoms with Gasteiger partial charge < -0.3 is 19.9 Å². The molecule has 0 bridgehead atoms. The molecule has 0 saturated carbocycles. The molecular weight excluding hydrogens is 320 g/mol. The number of amides is 1. The van der Waals surface area contributed by atoms with E-state index in [0.717, 1.165) is 17.1 Å². The lowest BCUT2D eigenvalue weighted by Crippen LogP contribution is -2.13. The van der Waals surface area contributed by atoms with Crippen LogP contribution in [0.3, 0.4) is 0 Å². The van der Waals surface area contributed by atoms with Gasteiger partial charge in [0.25, 0.3) is 5.91 Å². The van der Waals surface area contributed by atoms with Gasteiger partial charge in [0.1, 0.15) is 17.2 Å². The van der Waals surface area contributed by atoms with Crippen molar-refractivity contribution in [2.45, 2.75) is 13.8 Å². The molecule has 0 fully saturated rings. The number of para-hydroxylation sites is 2. The van der Waals surface area contributed by atoms with Gasteiger partial charge in [0, 0.05) is 6.07 Å². The number of pyridine rings is 1. The van der Waals surface area contributed by atoms with Gasteiger partial charge in [0.05, 0.1) is 24.2 Å². The molecule has 7 heteroatoms. The topological polar surface area (TPSA) is 89.3 Å². The summed E-state index contributed by atoms with van der Waals surface area (Å²) in [5.74, 6) is 1.38. The predicted octanol–water partition coefficient (Wildman–Crippen LogP) is 3.77. The first-order valence-corrected chi connectivity index (χ1v) is 7.85. The largest absolute Gasteiger partial charge is 0.492 e. The minimum absolute atomic E-state index is 0.282. The van der Waals surface area contributed by atoms with E-state index in [-0.39, 0.29) is 11.6 Å². The van der Waals surface area contributed by atoms with Crippen molar-refractivity contribution >= 4 is 23.1 Å². The van der Waals surface area contributed by atoms with Gasteiger partial charge in [-0.05, 0) is 38.1 Å². The molecule has 0 spiro atoms. The maximum Gasteiger partial charge on any atom is 0.275 e. The number of hydrogen-bond acceptors (Lipinski definition) is 6. The van der Waals surface area contributed by atoms with Crippen molar-refractivity contribution in [2.75, 3.05) is 17.2 Å². The molecule has 0 saturated heterocycles. The summed E-state index contributed by atoms with van der Waals surface area (Å²) in [7, 11) is 0. The molecule has 7 nitrogen and oxygen atoms in total. The first-order valence-electron chi connectivity index (χ1n) is 7.85. The molecule has 1 amide bonds. The second kappa shape index (κ2) is 7.48. The Kier molecular flexibility index (Phi) is 4.94. The molecule has 0 aliphatic carbocycles. The second-order valence-corrected chi connectivity index (χ2v) is 5.26. The van der Waals surface area contributed by atoms with Gasteiger partial charge >= 0.3 is 0 Å². The summed E-state index contributed by atoms with van der Waals surface area (Å²) in [5.41, 5.74) is 1.87. The van der Waals surface area contributed by atoms with E-state index in [1.54, 1.807) is 31.3 Å². The van der Waals surface area contributed by atoms with Crippen LogP contribution in [0.5, 0.6) is 5.75 Å². The van der Waals surface area contributed by atoms with Gasteiger partial charge in [-0.2, -0.15) is 0 Å². The van der Waals surface area contributed by atoms with Crippen LogP contribution >= 0.6 is 0 Å². The molecule has 128 valence electrons. The lowest BCUT2D eigenvalue weighted by atomic mass is 10.2. The zero-order valence-electron chi connectivity index (χ0n) is 13.9. The molecular formula is C18H18N4O3. The lowest BCUT2D eigenvalue weighted by molar-refractivity contribution is 0.102. The molecule has 2 heterocycles. The molecule has 0 aliphatic heterocycles. The van der Waals surface area contributed by atoms with Crippen molar-refractivity contribution in [3.05, 3.63) is 60.1 Å². The molecule has 2 N–H and O–H groups in total. The number of ether oxygens (including phenoxy) is 1. The number of carbonyl (C=O) groups excluding carboxylic acids is 1. The summed E-state index contributed by atoms with van der Waals surface area (Å²) in [6.07, 6.45) is 1.59. The molecule has 0 aliphatic rings. The summed E-state index contributed by atoms with van der Waals surface area (Å²) >= 11 is 0. The monoisotopic (exact) mass is 338 g/mol. The van der Waals surface area contributed by atoms with Gasteiger partial charge in [-0.15, -0.1) is 0 Å². The van der Waals surface area contributed by atoms with E-state index in [0.29, 0.717) is 18.2 Å². The minimum atomic E-state index is -0.352. The van der Waals surface area contributed by atoms with Crippen molar-refractivity contribution in [1.82, 2.24) is 10.1 Å². The Morgan fingerprint density at radius 2 is 2.08 bits per heavy atom. The quantitative estimate of drug-likeness (QED) is 0.711. The Balaban J connectivity index is 1.69. The number of benzene rings is 1. The highest BCUT2D eigenvalue weighted by Gasteiger charge is 2.10. The third-order valence-corrected chi connectivity index (χ3v) is 3.33. The van der Waals surface area contributed by atoms with Crippen LogP contribution in [0.1, 0.15) is 23.2 Å². The Morgan fingerprint density at radius 3 is 2.76 bits per heavy atom. The third-order valence-electron chi connectivity index (χ3n) is 3.33. The second-order valence-electron chi connectivity index (χ2n) is 5.26. The van der Waals surface area contributed by atoms with Gasteiger partial charge in [0.2, 0.25) is 0 Å². The number of anilines is 3. The van der Waals surface area contributed by atoms with Crippen molar-refractivity contribution in [2.24, 2.45) is 0 Å². The highest BCUT2D eigenvalue weighted by molar-refractivity contribution is 6.02. The number of rotatable bonds is 6. The van der Waals surface area contributed by atoms with Crippen molar-refractivity contribution in [1.29, 1.82) is 0 Å². The molecule has 0 atom stereocenters. The summed E-state index contributed by atoms with van der Waals surface area (Å²) in [5, 5.41) is 9.58. The first kappa shape index (κ1) is 16.5. The average molecular weight is 338 g/mol. The average Bonchev–Trinajstić information content (AvgIpc) is 3.02. The Bertz CT molecular complexity index is 859. The zero-order valence-corrected chi connectivity index (χ0v) is 13.9. The van der Waals surface area contributed by atoms with Crippen LogP contribution in [-0.4, -0.2) is 22.7 Å². The maximum atomic E-state index is 12.1. The summed E-state index contributed by atoms with van der Waals surface area (Å²) < 4.78 is 10.5. The van der Waals surface area contributed by atoms with E-state index >= 15 is 0 Å². The fourth-order valence-corrected chi connectivity index (χ4v) is 2.21. The number of aryl methyl sites for hydroxylation is 1. The number of carbonyl (C=O) groups is 1. The third kappa shape index (κ3) is 4.14. The predicted molar refractivity (Wildman–Crippen MR) is 94.3 cm³/mol. The van der Waals surface area contributed by atoms with Crippen LogP contribution in [0.2, 0.25) is 0 Å². The molecule has 3 aromatic rings. The summed E-state index contributed by atoms with van der Waals surface area (Å²) in [4.78, 5) is 16.3. The van der Waals surface area contributed by atoms with Crippen LogP contribution in [0.4, 0.5) is 17.2 Å². The Labute approximate surface area is 145 Å². The first-order chi connectivity index (χ1) is 12.2. The zero-order chi connectivity index (χ0) is 17.6. The van der Waals surface area contributed by atoms with E-state index in [2.05, 4.69) is 20.8 Å². The molecule has 25 heavy (non-hydrogen) atoms. The van der Waals surface area contributed by atoms with Crippen LogP contribution in [-0.2, 0) is 0 Å². The Hall–Kier alpha value is -3.35. The SMILES string of the molecule is CCOc1ccccc1Nc1ccc(C(=O)Nc2cc(C)on2)nc1. The fraction of sp³-hybridized carbons (Fsp3) is 0.167. The number of nitrogens with one attached hydrogen (secondary N) is 2. The van der Waals surface area contributed by atoms with E-state index in [9.17, 15) is 4.79 Å². The lowest BCUT2D eigenvalue weighted by Gasteiger charge is -2.12. The standard InChI is InChI=1S/C18H18N4O3/c1-3-24-16-7-5-4-6-14(16)20-13-8-9-15(19-11-13)18(23)21-17-10-12(2)25-22-17/h4-11,20H,3H2,1-2H3,(H,21,22,23). The van der Waals surface area contributed by atoms with Crippen LogP contribution in [0, 0.1) is 6.92 Å². The van der Waals surface area contributed by atoms with Gasteiger partial charge in [-0.25, -0.2) is 4.98 Å². The van der Waals surface area contributed by atoms with Crippen LogP contribution < -0.4 is 15.4 Å². The van der Waals surface area contributed by atoms with Gasteiger partial charge in [-0.1, -0.05) is 17.3 Å². The highest BCUT2D eigenvalue weighted by atomic mass is 16.5. The highest BCUT2D eigenvalue weighted by Crippen LogP contribution is 2.27. The van der Waals surface area contributed by atoms with Crippen LogP contribution in [0.25, 0.3) is 0 Å². The summed E-state index contributed by atoms with van der Waals surface area (Å²) in [6, 6.07) is 12.7. The molecule has 1 aromatic carbocycles.